The molecule has 1 aliphatic rings. The maximum absolute atomic E-state index is 13.7. The van der Waals surface area contributed by atoms with Crippen LogP contribution in [-0.2, 0) is 16.0 Å². The third-order valence-corrected chi connectivity index (χ3v) is 6.88. The Hall–Kier alpha value is -2.99. The van der Waals surface area contributed by atoms with E-state index in [-0.39, 0.29) is 24.3 Å². The molecule has 166 valence electrons. The number of nitrogens with one attached hydrogen (secondary N) is 1. The number of nitrogens with zero attached hydrogens (tertiary/aromatic N) is 2. The number of hydrogen-bond donors (Lipinski definition) is 1. The van der Waals surface area contributed by atoms with E-state index in [1.807, 2.05) is 60.8 Å². The number of thiophene rings is 1. The van der Waals surface area contributed by atoms with Gasteiger partial charge < -0.3 is 5.32 Å². The molecule has 0 aliphatic heterocycles. The monoisotopic (exact) mass is 447 g/mol. The molecule has 1 unspecified atom stereocenters. The standard InChI is InChI=1S/C26H29N3O2S/c1-19-9-5-6-14-23(19)29(24(30)17-22-13-8-16-32-22)25(20-10-7-15-27-18-20)26(31)28-21-11-3-2-4-12-21/h5-10,13-16,18,21,25H,2-4,11-12,17H2,1H3,(H,28,31). The summed E-state index contributed by atoms with van der Waals surface area (Å²) in [6.45, 7) is 1.97. The van der Waals surface area contributed by atoms with Crippen molar-refractivity contribution in [2.24, 2.45) is 0 Å². The molecular weight excluding hydrogens is 418 g/mol. The van der Waals surface area contributed by atoms with Gasteiger partial charge in [0.05, 0.1) is 6.42 Å². The number of para-hydroxylation sites is 1. The molecule has 4 rings (SSSR count). The van der Waals surface area contributed by atoms with Gasteiger partial charge >= 0.3 is 0 Å². The highest BCUT2D eigenvalue weighted by Gasteiger charge is 2.34. The van der Waals surface area contributed by atoms with Crippen LogP contribution in [0.15, 0.2) is 66.3 Å². The van der Waals surface area contributed by atoms with E-state index >= 15 is 0 Å². The predicted molar refractivity (Wildman–Crippen MR) is 129 cm³/mol. The van der Waals surface area contributed by atoms with Crippen LogP contribution in [0.5, 0.6) is 0 Å². The van der Waals surface area contributed by atoms with Gasteiger partial charge in [0.2, 0.25) is 11.8 Å². The van der Waals surface area contributed by atoms with Crippen molar-refractivity contribution in [3.8, 4) is 0 Å². The Bertz CT molecular complexity index is 1030. The maximum Gasteiger partial charge on any atom is 0.248 e. The average Bonchev–Trinajstić information content (AvgIpc) is 3.32. The van der Waals surface area contributed by atoms with Gasteiger partial charge in [-0.15, -0.1) is 11.3 Å². The van der Waals surface area contributed by atoms with Gasteiger partial charge in [-0.1, -0.05) is 49.6 Å². The lowest BCUT2D eigenvalue weighted by Crippen LogP contribution is -2.48. The summed E-state index contributed by atoms with van der Waals surface area (Å²) in [5.74, 6) is -0.248. The number of hydrogen-bond acceptors (Lipinski definition) is 4. The first-order valence-corrected chi connectivity index (χ1v) is 12.1. The summed E-state index contributed by atoms with van der Waals surface area (Å²) >= 11 is 1.55. The van der Waals surface area contributed by atoms with Crippen molar-refractivity contribution in [1.29, 1.82) is 0 Å². The highest BCUT2D eigenvalue weighted by Crippen LogP contribution is 2.32. The van der Waals surface area contributed by atoms with Gasteiger partial charge in [-0.25, -0.2) is 0 Å². The van der Waals surface area contributed by atoms with Crippen LogP contribution in [0, 0.1) is 6.92 Å². The molecule has 1 saturated carbocycles. The van der Waals surface area contributed by atoms with Crippen LogP contribution in [0.3, 0.4) is 0 Å². The van der Waals surface area contributed by atoms with Crippen LogP contribution in [0.4, 0.5) is 5.69 Å². The zero-order valence-electron chi connectivity index (χ0n) is 18.4. The van der Waals surface area contributed by atoms with E-state index in [2.05, 4.69) is 10.3 Å². The first kappa shape index (κ1) is 22.2. The third kappa shape index (κ3) is 5.25. The Labute approximate surface area is 193 Å². The van der Waals surface area contributed by atoms with Crippen LogP contribution < -0.4 is 10.2 Å². The Morgan fingerprint density at radius 2 is 1.91 bits per heavy atom. The molecule has 0 radical (unpaired) electrons. The second-order valence-electron chi connectivity index (χ2n) is 8.34. The summed E-state index contributed by atoms with van der Waals surface area (Å²) in [7, 11) is 0. The molecule has 0 spiro atoms. The van der Waals surface area contributed by atoms with Gasteiger partial charge in [-0.05, 0) is 48.9 Å². The highest BCUT2D eigenvalue weighted by molar-refractivity contribution is 7.10. The fraction of sp³-hybridized carbons (Fsp3) is 0.346. The molecule has 5 nitrogen and oxygen atoms in total. The van der Waals surface area contributed by atoms with Crippen LogP contribution in [0.1, 0.15) is 54.1 Å². The number of pyridine rings is 1. The molecule has 6 heteroatoms. The quantitative estimate of drug-likeness (QED) is 0.540. The number of carbonyl (C=O) groups excluding carboxylic acids is 2. The maximum atomic E-state index is 13.7. The average molecular weight is 448 g/mol. The van der Waals surface area contributed by atoms with E-state index < -0.39 is 6.04 Å². The van der Waals surface area contributed by atoms with E-state index in [1.54, 1.807) is 28.6 Å². The zero-order chi connectivity index (χ0) is 22.3. The molecule has 1 N–H and O–H groups in total. The molecule has 0 bridgehead atoms. The minimum atomic E-state index is -0.779. The third-order valence-electron chi connectivity index (χ3n) is 6.01. The van der Waals surface area contributed by atoms with E-state index in [9.17, 15) is 9.59 Å². The van der Waals surface area contributed by atoms with Crippen LogP contribution in [0.2, 0.25) is 0 Å². The molecule has 1 aliphatic carbocycles. The molecule has 32 heavy (non-hydrogen) atoms. The fourth-order valence-electron chi connectivity index (χ4n) is 4.38. The van der Waals surface area contributed by atoms with Crippen LogP contribution in [0.25, 0.3) is 0 Å². The first-order chi connectivity index (χ1) is 15.6. The Morgan fingerprint density at radius 1 is 1.09 bits per heavy atom. The summed E-state index contributed by atoms with van der Waals surface area (Å²) in [5.41, 5.74) is 2.41. The molecule has 1 fully saturated rings. The molecule has 2 amide bonds. The second kappa shape index (κ2) is 10.6. The zero-order valence-corrected chi connectivity index (χ0v) is 19.2. The van der Waals surface area contributed by atoms with Gasteiger partial charge in [0, 0.05) is 34.6 Å². The Balaban J connectivity index is 1.74. The number of rotatable bonds is 7. The molecule has 3 aromatic rings. The van der Waals surface area contributed by atoms with Crippen LogP contribution >= 0.6 is 11.3 Å². The van der Waals surface area contributed by atoms with Crippen molar-refractivity contribution in [2.45, 2.75) is 57.5 Å². The van der Waals surface area contributed by atoms with Gasteiger partial charge in [-0.2, -0.15) is 0 Å². The Kier molecular flexibility index (Phi) is 7.32. The van der Waals surface area contributed by atoms with Gasteiger partial charge in [0.1, 0.15) is 6.04 Å². The van der Waals surface area contributed by atoms with Crippen molar-refractivity contribution >= 4 is 28.8 Å². The second-order valence-corrected chi connectivity index (χ2v) is 9.37. The number of anilines is 1. The molecule has 1 atom stereocenters. The minimum absolute atomic E-state index is 0.102. The summed E-state index contributed by atoms with van der Waals surface area (Å²) in [4.78, 5) is 34.3. The minimum Gasteiger partial charge on any atom is -0.351 e. The van der Waals surface area contributed by atoms with Gasteiger partial charge in [0.15, 0.2) is 0 Å². The van der Waals surface area contributed by atoms with Crippen LogP contribution in [-0.4, -0.2) is 22.8 Å². The van der Waals surface area contributed by atoms with Crippen molar-refractivity contribution in [3.05, 3.63) is 82.3 Å². The molecule has 2 heterocycles. The van der Waals surface area contributed by atoms with Gasteiger partial charge in [-0.3, -0.25) is 19.5 Å². The van der Waals surface area contributed by atoms with E-state index in [1.165, 1.54) is 6.42 Å². The number of aromatic nitrogens is 1. The lowest BCUT2D eigenvalue weighted by molar-refractivity contribution is -0.127. The van der Waals surface area contributed by atoms with E-state index in [0.717, 1.165) is 41.8 Å². The molecular formula is C26H29N3O2S. The molecule has 2 aromatic heterocycles. The van der Waals surface area contributed by atoms with Crippen molar-refractivity contribution in [1.82, 2.24) is 10.3 Å². The summed E-state index contributed by atoms with van der Waals surface area (Å²) in [5, 5.41) is 5.21. The number of carbonyl (C=O) groups is 2. The van der Waals surface area contributed by atoms with Gasteiger partial charge in [0.25, 0.3) is 0 Å². The summed E-state index contributed by atoms with van der Waals surface area (Å²) in [6, 6.07) is 14.7. The topological polar surface area (TPSA) is 62.3 Å². The highest BCUT2D eigenvalue weighted by atomic mass is 32.1. The number of amides is 2. The van der Waals surface area contributed by atoms with E-state index in [0.29, 0.717) is 5.56 Å². The lowest BCUT2D eigenvalue weighted by atomic mass is 9.94. The molecule has 1 aromatic carbocycles. The molecule has 0 saturated heterocycles. The largest absolute Gasteiger partial charge is 0.351 e. The fourth-order valence-corrected chi connectivity index (χ4v) is 5.08. The lowest BCUT2D eigenvalue weighted by Gasteiger charge is -2.34. The number of benzene rings is 1. The smallest absolute Gasteiger partial charge is 0.248 e. The van der Waals surface area contributed by atoms with Crippen molar-refractivity contribution < 1.29 is 9.59 Å². The summed E-state index contributed by atoms with van der Waals surface area (Å²) < 4.78 is 0. The Morgan fingerprint density at radius 3 is 2.59 bits per heavy atom. The van der Waals surface area contributed by atoms with E-state index in [4.69, 9.17) is 0 Å². The van der Waals surface area contributed by atoms with Crippen molar-refractivity contribution in [2.75, 3.05) is 4.90 Å². The predicted octanol–water partition coefficient (Wildman–Crippen LogP) is 5.22. The number of aryl methyl sites for hydroxylation is 1. The summed E-state index contributed by atoms with van der Waals surface area (Å²) in [6.07, 6.45) is 9.06. The SMILES string of the molecule is Cc1ccccc1N(C(=O)Cc1cccs1)C(C(=O)NC1CCCCC1)c1cccnc1. The first-order valence-electron chi connectivity index (χ1n) is 11.2. The van der Waals surface area contributed by atoms with Crippen molar-refractivity contribution in [3.63, 3.8) is 0 Å². The normalized spacial score (nSPS) is 15.2.